The van der Waals surface area contributed by atoms with Gasteiger partial charge in [0.15, 0.2) is 6.29 Å². The Hall–Kier alpha value is -2.96. The number of benzene rings is 6. The third-order valence-electron chi connectivity index (χ3n) is 23.5. The maximum Gasteiger partial charge on any atom is 0.337 e. The number of hydrogen-bond donors (Lipinski definition) is 3. The standard InChI is InChI=1S/C18H22O4.C17H10Br6O2.C14H14Br2O3.C12H12Br2O3.C11H8Br2O.C10H17O4P.C5H6Br2.C5H6.C4H6O3/c1-11-9-15-17(14(11)10-19)13-7-3-5-12(18(13)22-15)6-4-8-16(20)21-2;18-8-3-12(20)16(13(21)4-8)24-10-1-2-11(7-10)25-17-14(22)5-9(19)6-15(17)23;1-6-17-5-9-11(18-6)4-12-13(9)8-2-7(15)3-10(16)14(8)19-12;13-5-1-6-11-7(4-15)9(16)3-10(11)17-12(6)8(14)2-5;12-6-4-8-7-2-1-3-10(7)14-11(8)9(13)5-6;1-5-6-7-9(2)10(11)8-15(12,13-3)14-4;6-4-1-2-5(7)3-4;1-2-4-5-3-1;5-3-1-2-4(6)7/h3,5,7,10-11,14-15,17H,4,6,8-9H2,1-2H3;1-6,10-11H,7H2;2-3,6,9,11-13H,4-5H2,1H3;1-2,7,9-11,15-16H,3-4H2;1-2,4-5,7,10H,3H2;9H,7-8H2,1-4H3;1-2,4-5H,3H2;1-4H,5H2;3H,1-2H2,(H,6,7)/t11-,14+,15+,17-;;6?,9-,11+,12-,13+;7-,9+,10-,11+;7-,10-;;;;/m1.000..../s1. The molecule has 5 heterocycles. The van der Waals surface area contributed by atoms with Gasteiger partial charge in [-0.2, -0.15) is 0 Å². The fourth-order valence-corrected chi connectivity index (χ4v) is 28.9. The van der Waals surface area contributed by atoms with E-state index >= 15 is 0 Å². The number of methoxy groups -OCH3 is 1. The molecule has 18 rings (SSSR count). The fraction of sp³-hybridized carbons (Fsp3) is 0.448. The van der Waals surface area contributed by atoms with E-state index in [1.54, 1.807) is 13.8 Å². The summed E-state index contributed by atoms with van der Waals surface area (Å²) in [5.41, 5.74) is 5.95. The van der Waals surface area contributed by atoms with Gasteiger partial charge in [0.2, 0.25) is 0 Å². The Morgan fingerprint density at radius 1 is 0.588 bits per heavy atom. The Morgan fingerprint density at radius 2 is 1.10 bits per heavy atom. The van der Waals surface area contributed by atoms with E-state index in [1.807, 2.05) is 73.7 Å². The summed E-state index contributed by atoms with van der Waals surface area (Å²) in [5.74, 6) is 11.3. The van der Waals surface area contributed by atoms with Crippen molar-refractivity contribution in [3.63, 3.8) is 0 Å². The lowest BCUT2D eigenvalue weighted by atomic mass is 9.85. The molecule has 6 unspecified atom stereocenters. The van der Waals surface area contributed by atoms with Gasteiger partial charge in [0, 0.05) is 167 Å². The highest BCUT2D eigenvalue weighted by molar-refractivity contribution is 9.13. The van der Waals surface area contributed by atoms with E-state index in [0.717, 1.165) is 157 Å². The number of aliphatic carboxylic acids is 1. The summed E-state index contributed by atoms with van der Waals surface area (Å²) in [6.45, 7) is 8.32. The highest BCUT2D eigenvalue weighted by atomic mass is 79.9. The number of aldehydes is 2. The van der Waals surface area contributed by atoms with Crippen molar-refractivity contribution < 1.29 is 95.5 Å². The molecule has 131 heavy (non-hydrogen) atoms. The van der Waals surface area contributed by atoms with Crippen LogP contribution >= 0.6 is 231 Å². The van der Waals surface area contributed by atoms with Crippen LogP contribution in [0.4, 0.5) is 0 Å². The van der Waals surface area contributed by atoms with Crippen LogP contribution in [0.25, 0.3) is 0 Å². The number of carboxylic acids is 1. The molecule has 708 valence electrons. The molecule has 6 aromatic carbocycles. The number of halogens is 14. The number of aliphatic hydroxyl groups excluding tert-OH is 2. The van der Waals surface area contributed by atoms with Crippen molar-refractivity contribution in [2.75, 3.05) is 40.7 Å². The predicted molar refractivity (Wildman–Crippen MR) is 558 cm³/mol. The van der Waals surface area contributed by atoms with Crippen molar-refractivity contribution in [2.45, 2.75) is 200 Å². The number of carbonyl (C=O) groups excluding carboxylic acids is 4. The first-order chi connectivity index (χ1) is 62.5. The number of carbonyl (C=O) groups is 5. The number of aliphatic hydroxyl groups is 2. The van der Waals surface area contributed by atoms with Crippen LogP contribution in [-0.2, 0) is 58.2 Å². The number of para-hydroxylation sites is 1. The average Bonchev–Trinajstić information content (AvgIpc) is 1.59. The minimum absolute atomic E-state index is 0.00470. The maximum atomic E-state index is 11.6. The van der Waals surface area contributed by atoms with Gasteiger partial charge < -0.3 is 76.6 Å². The van der Waals surface area contributed by atoms with Crippen LogP contribution < -0.4 is 28.4 Å². The van der Waals surface area contributed by atoms with Crippen molar-refractivity contribution in [3.05, 3.63) is 221 Å². The molecule has 35 heteroatoms. The minimum Gasteiger partial charge on any atom is -0.489 e. The zero-order chi connectivity index (χ0) is 95.2. The Kier molecular flexibility index (Phi) is 44.6. The molecule has 12 aliphatic rings. The van der Waals surface area contributed by atoms with Gasteiger partial charge in [0.25, 0.3) is 0 Å². The van der Waals surface area contributed by atoms with Gasteiger partial charge in [0.05, 0.1) is 63.7 Å². The van der Waals surface area contributed by atoms with Crippen LogP contribution in [-0.4, -0.2) is 151 Å². The summed E-state index contributed by atoms with van der Waals surface area (Å²) in [7, 11) is 0.733. The number of Topliss-reactive ketones (excluding diaryl/α,β-unsaturated/α-hetero) is 1. The maximum absolute atomic E-state index is 11.6. The van der Waals surface area contributed by atoms with Crippen molar-refractivity contribution in [3.8, 4) is 46.3 Å². The Bertz CT molecular complexity index is 5130. The van der Waals surface area contributed by atoms with Gasteiger partial charge in [-0.25, -0.2) is 0 Å². The summed E-state index contributed by atoms with van der Waals surface area (Å²) >= 11 is 49.1. The van der Waals surface area contributed by atoms with E-state index in [4.69, 9.17) is 43.0 Å². The molecular formula is C96H101Br14O20P. The summed E-state index contributed by atoms with van der Waals surface area (Å²) < 4.78 is 85.3. The van der Waals surface area contributed by atoms with Crippen molar-refractivity contribution in [2.24, 2.45) is 29.6 Å². The summed E-state index contributed by atoms with van der Waals surface area (Å²) in [6, 6.07) is 26.4. The van der Waals surface area contributed by atoms with E-state index in [9.17, 15) is 38.8 Å². The highest BCUT2D eigenvalue weighted by Crippen LogP contribution is 2.58. The quantitative estimate of drug-likeness (QED) is 0.0170. The minimum atomic E-state index is -3.22. The van der Waals surface area contributed by atoms with Crippen LogP contribution in [0, 0.1) is 41.4 Å². The SMILES string of the molecule is BrC1C=CC(Br)C1.Brc1cc(Br)c(OC2C=CC(Oc3c(Br)cc(Br)cc3Br)C2)c(Br)c1.Brc1cc(Br)c2c(c1)[C@@H]1C=CC[C@@H]1O2.C1=CCC=C1.CC#CCC(C)C(=O)CP(=O)(OC)OC.CC1OC[C@@H]2[C@H]3c4cc(Br)cc(Br)c4O[C@H]3C[C@H]2O1.COC(=O)CCCc1cccc2c1O[C@H]1C[C@@H](C)[C@H](C=O)[C@@H]21.O=CCCC(=O)O.OC[C@@H]1[C@H]2c3cc(Br)cc(Br)c3O[C@H]2C[C@H]1O. The third-order valence-corrected chi connectivity index (χ3v) is 33.1. The second kappa shape index (κ2) is 53.1. The van der Waals surface area contributed by atoms with Crippen LogP contribution in [0.1, 0.15) is 156 Å². The second-order valence-corrected chi connectivity index (χ2v) is 47.6. The average molecular weight is 2720 g/mol. The van der Waals surface area contributed by atoms with Gasteiger partial charge in [-0.05, 0) is 242 Å². The van der Waals surface area contributed by atoms with E-state index in [1.165, 1.54) is 44.4 Å². The molecule has 20 atom stereocenters. The molecule has 3 N–H and O–H groups in total. The predicted octanol–water partition coefficient (Wildman–Crippen LogP) is 27.7. The van der Waals surface area contributed by atoms with Crippen molar-refractivity contribution in [1.82, 2.24) is 0 Å². The Labute approximate surface area is 883 Å². The van der Waals surface area contributed by atoms with Gasteiger partial charge in [-0.15, -0.1) is 11.8 Å². The lowest BCUT2D eigenvalue weighted by molar-refractivity contribution is -0.221. The van der Waals surface area contributed by atoms with Gasteiger partial charge in [-0.1, -0.05) is 192 Å². The van der Waals surface area contributed by atoms with Crippen LogP contribution in [0.3, 0.4) is 0 Å². The second-order valence-electron chi connectivity index (χ2n) is 32.4. The molecule has 0 spiro atoms. The molecule has 0 aromatic heterocycles. The number of ketones is 1. The first-order valence-electron chi connectivity index (χ1n) is 42.4. The number of ether oxygens (including phenoxy) is 9. The number of rotatable bonds is 19. The molecule has 3 saturated carbocycles. The van der Waals surface area contributed by atoms with Crippen molar-refractivity contribution >= 4 is 261 Å². The largest absolute Gasteiger partial charge is 0.489 e. The monoisotopic (exact) mass is 2710 g/mol. The number of carboxylic acid groups (broad SMARTS) is 1. The van der Waals surface area contributed by atoms with Gasteiger partial charge in [-0.3, -0.25) is 18.9 Å². The number of allylic oxidation sites excluding steroid dienone is 6. The number of fused-ring (bicyclic) bond motifs is 14. The molecule has 0 radical (unpaired) electrons. The summed E-state index contributed by atoms with van der Waals surface area (Å²) in [4.78, 5) is 54.5. The molecule has 5 aliphatic heterocycles. The molecule has 20 nitrogen and oxygen atoms in total. The van der Waals surface area contributed by atoms with Crippen LogP contribution in [0.5, 0.6) is 34.5 Å². The van der Waals surface area contributed by atoms with Gasteiger partial charge >= 0.3 is 19.5 Å². The fourth-order valence-electron chi connectivity index (χ4n) is 17.1. The molecule has 0 bridgehead atoms. The van der Waals surface area contributed by atoms with Gasteiger partial charge in [0.1, 0.15) is 95.6 Å². The zero-order valence-corrected chi connectivity index (χ0v) is 95.4. The highest BCUT2D eigenvalue weighted by Gasteiger charge is 2.54. The Morgan fingerprint density at radius 3 is 1.59 bits per heavy atom. The van der Waals surface area contributed by atoms with Crippen LogP contribution in [0.15, 0.2) is 193 Å². The van der Waals surface area contributed by atoms with E-state index in [0.29, 0.717) is 65.0 Å². The first kappa shape index (κ1) is 110. The molecular weight excluding hydrogens is 2620 g/mol. The molecule has 1 saturated heterocycles. The number of alkyl halides is 2. The number of esters is 1. The van der Waals surface area contributed by atoms with E-state index < -0.39 is 19.7 Å². The number of hydrogen-bond acceptors (Lipinski definition) is 19. The lowest BCUT2D eigenvalue weighted by Crippen LogP contribution is -2.37. The normalized spacial score (nSPS) is 26.3. The first-order valence-corrected chi connectivity index (χ1v) is 55.5. The topological polar surface area (TPSA) is 265 Å². The smallest absolute Gasteiger partial charge is 0.337 e. The molecule has 4 fully saturated rings. The summed E-state index contributed by atoms with van der Waals surface area (Å²) in [6.07, 6.45) is 32.1. The van der Waals surface area contributed by atoms with E-state index in [-0.39, 0.29) is 110 Å². The molecule has 0 amide bonds. The van der Waals surface area contributed by atoms with E-state index in [2.05, 4.69) is 328 Å². The Balaban J connectivity index is 0.000000158. The van der Waals surface area contributed by atoms with Crippen LogP contribution in [0.2, 0.25) is 0 Å². The summed E-state index contributed by atoms with van der Waals surface area (Å²) in [5, 5.41) is 27.2. The molecule has 6 aromatic rings. The zero-order valence-electron chi connectivity index (χ0n) is 72.3. The third kappa shape index (κ3) is 30.3. The molecule has 7 aliphatic carbocycles. The lowest BCUT2D eigenvalue weighted by Gasteiger charge is -2.32. The number of aryl methyl sites for hydroxylation is 1. The van der Waals surface area contributed by atoms with Crippen molar-refractivity contribution in [1.29, 1.82) is 0 Å².